The van der Waals surface area contributed by atoms with E-state index in [4.69, 9.17) is 4.74 Å². The van der Waals surface area contributed by atoms with E-state index in [-0.39, 0.29) is 5.78 Å². The lowest BCUT2D eigenvalue weighted by atomic mass is 10.1. The largest absolute Gasteiger partial charge is 0.381 e. The molecule has 0 rings (SSSR count). The summed E-state index contributed by atoms with van der Waals surface area (Å²) in [6.07, 6.45) is 0.639. The average molecular weight is 144 g/mol. The summed E-state index contributed by atoms with van der Waals surface area (Å²) < 4.78 is 5.14. The minimum Gasteiger partial charge on any atom is -0.381 e. The van der Waals surface area contributed by atoms with Crippen LogP contribution in [0.1, 0.15) is 27.2 Å². The van der Waals surface area contributed by atoms with Crippen LogP contribution in [0.25, 0.3) is 0 Å². The lowest BCUT2D eigenvalue weighted by molar-refractivity contribution is -0.118. The summed E-state index contributed by atoms with van der Waals surface area (Å²) >= 11 is 0. The third kappa shape index (κ3) is 5.76. The van der Waals surface area contributed by atoms with Crippen LogP contribution in [-0.2, 0) is 9.53 Å². The molecule has 0 aromatic carbocycles. The normalized spacial score (nSPS) is 13.1. The van der Waals surface area contributed by atoms with Crippen LogP contribution in [0, 0.1) is 5.92 Å². The van der Waals surface area contributed by atoms with Crippen molar-refractivity contribution in [3.63, 3.8) is 0 Å². The summed E-state index contributed by atoms with van der Waals surface area (Å²) in [4.78, 5) is 10.6. The van der Waals surface area contributed by atoms with Crippen LogP contribution in [0.2, 0.25) is 0 Å². The molecule has 0 spiro atoms. The van der Waals surface area contributed by atoms with Crippen molar-refractivity contribution in [1.82, 2.24) is 0 Å². The van der Waals surface area contributed by atoms with E-state index in [1.165, 1.54) is 0 Å². The Morgan fingerprint density at radius 1 is 1.60 bits per heavy atom. The molecule has 0 aromatic rings. The first-order valence-electron chi connectivity index (χ1n) is 3.74. The van der Waals surface area contributed by atoms with Crippen molar-refractivity contribution in [2.75, 3.05) is 13.2 Å². The highest BCUT2D eigenvalue weighted by molar-refractivity contribution is 5.75. The zero-order valence-electron chi connectivity index (χ0n) is 7.02. The smallest absolute Gasteiger partial charge is 0.130 e. The molecule has 0 aromatic heterocycles. The molecule has 1 atom stereocenters. The van der Waals surface area contributed by atoms with Gasteiger partial charge < -0.3 is 9.53 Å². The molecular formula is C8H16O2. The molecule has 0 saturated carbocycles. The molecule has 60 valence electrons. The molecule has 2 nitrogen and oxygen atoms in total. The fraction of sp³-hybridized carbons (Fsp3) is 0.875. The van der Waals surface area contributed by atoms with Crippen LogP contribution in [0.15, 0.2) is 0 Å². The Morgan fingerprint density at radius 3 is 2.60 bits per heavy atom. The van der Waals surface area contributed by atoms with E-state index in [9.17, 15) is 4.79 Å². The van der Waals surface area contributed by atoms with E-state index in [0.29, 0.717) is 18.9 Å². The van der Waals surface area contributed by atoms with Crippen LogP contribution < -0.4 is 0 Å². The van der Waals surface area contributed by atoms with Gasteiger partial charge in [0.05, 0.1) is 0 Å². The summed E-state index contributed by atoms with van der Waals surface area (Å²) in [5.74, 6) is 0.615. The van der Waals surface area contributed by atoms with Crippen molar-refractivity contribution < 1.29 is 9.53 Å². The Morgan fingerprint density at radius 2 is 2.20 bits per heavy atom. The van der Waals surface area contributed by atoms with Crippen LogP contribution in [0.4, 0.5) is 0 Å². The number of Topliss-reactive ketones (excluding diaryl/α,β-unsaturated/α-hetero) is 1. The monoisotopic (exact) mass is 144 g/mol. The van der Waals surface area contributed by atoms with Crippen molar-refractivity contribution in [3.05, 3.63) is 0 Å². The van der Waals surface area contributed by atoms with E-state index in [2.05, 4.69) is 0 Å². The molecule has 0 aliphatic carbocycles. The van der Waals surface area contributed by atoms with Crippen molar-refractivity contribution >= 4 is 5.78 Å². The van der Waals surface area contributed by atoms with Gasteiger partial charge in [0, 0.05) is 19.6 Å². The van der Waals surface area contributed by atoms with Gasteiger partial charge in [-0.25, -0.2) is 0 Å². The van der Waals surface area contributed by atoms with Gasteiger partial charge in [-0.05, 0) is 19.8 Å². The highest BCUT2D eigenvalue weighted by Crippen LogP contribution is 2.02. The third-order valence-electron chi connectivity index (χ3n) is 1.24. The quantitative estimate of drug-likeness (QED) is 0.586. The van der Waals surface area contributed by atoms with Gasteiger partial charge in [0.2, 0.25) is 0 Å². The molecular weight excluding hydrogens is 128 g/mol. The number of ketones is 1. The van der Waals surface area contributed by atoms with Crippen LogP contribution in [0.5, 0.6) is 0 Å². The Balaban J connectivity index is 3.25. The third-order valence-corrected chi connectivity index (χ3v) is 1.24. The number of carbonyl (C=O) groups excluding carboxylic acids is 1. The summed E-state index contributed by atoms with van der Waals surface area (Å²) in [7, 11) is 0. The highest BCUT2D eigenvalue weighted by Gasteiger charge is 2.03. The van der Waals surface area contributed by atoms with E-state index in [1.54, 1.807) is 6.92 Å². The molecule has 1 unspecified atom stereocenters. The molecule has 0 saturated heterocycles. The first-order chi connectivity index (χ1) is 4.66. The van der Waals surface area contributed by atoms with Gasteiger partial charge in [0.1, 0.15) is 5.78 Å². The van der Waals surface area contributed by atoms with Crippen molar-refractivity contribution in [2.24, 2.45) is 5.92 Å². The fourth-order valence-electron chi connectivity index (χ4n) is 0.869. The second-order valence-corrected chi connectivity index (χ2v) is 2.67. The van der Waals surface area contributed by atoms with Gasteiger partial charge in [0.15, 0.2) is 0 Å². The Labute approximate surface area is 62.6 Å². The summed E-state index contributed by atoms with van der Waals surface area (Å²) in [6.45, 7) is 7.04. The Kier molecular flexibility index (Phi) is 5.22. The average Bonchev–Trinajstić information content (AvgIpc) is 1.82. The summed E-state index contributed by atoms with van der Waals surface area (Å²) in [5, 5.41) is 0. The van der Waals surface area contributed by atoms with Gasteiger partial charge in [-0.1, -0.05) is 6.92 Å². The second-order valence-electron chi connectivity index (χ2n) is 2.67. The highest BCUT2D eigenvalue weighted by atomic mass is 16.5. The fourth-order valence-corrected chi connectivity index (χ4v) is 0.869. The standard InChI is InChI=1S/C8H16O2/c1-4-10-6-7(2)5-8(3)9/h7H,4-6H2,1-3H3. The first kappa shape index (κ1) is 9.63. The lowest BCUT2D eigenvalue weighted by Gasteiger charge is -2.07. The Hall–Kier alpha value is -0.370. The molecule has 0 radical (unpaired) electrons. The van der Waals surface area contributed by atoms with Gasteiger partial charge in [0.25, 0.3) is 0 Å². The second kappa shape index (κ2) is 5.42. The predicted molar refractivity (Wildman–Crippen MR) is 41.0 cm³/mol. The molecule has 10 heavy (non-hydrogen) atoms. The summed E-state index contributed by atoms with van der Waals surface area (Å²) in [5.41, 5.74) is 0. The van der Waals surface area contributed by atoms with E-state index in [0.717, 1.165) is 6.61 Å². The van der Waals surface area contributed by atoms with E-state index < -0.39 is 0 Å². The number of rotatable bonds is 5. The summed E-state index contributed by atoms with van der Waals surface area (Å²) in [6, 6.07) is 0. The Bertz CT molecular complexity index is 99.4. The van der Waals surface area contributed by atoms with Gasteiger partial charge in [-0.15, -0.1) is 0 Å². The molecule has 0 amide bonds. The topological polar surface area (TPSA) is 26.3 Å². The van der Waals surface area contributed by atoms with Gasteiger partial charge >= 0.3 is 0 Å². The maximum atomic E-state index is 10.6. The maximum absolute atomic E-state index is 10.6. The number of carbonyl (C=O) groups is 1. The van der Waals surface area contributed by atoms with E-state index >= 15 is 0 Å². The van der Waals surface area contributed by atoms with Crippen LogP contribution >= 0.6 is 0 Å². The lowest BCUT2D eigenvalue weighted by Crippen LogP contribution is -2.09. The molecule has 0 heterocycles. The van der Waals surface area contributed by atoms with Crippen LogP contribution in [0.3, 0.4) is 0 Å². The molecule has 2 heteroatoms. The maximum Gasteiger partial charge on any atom is 0.130 e. The van der Waals surface area contributed by atoms with Crippen molar-refractivity contribution in [1.29, 1.82) is 0 Å². The number of ether oxygens (including phenoxy) is 1. The van der Waals surface area contributed by atoms with Crippen molar-refractivity contribution in [2.45, 2.75) is 27.2 Å². The van der Waals surface area contributed by atoms with E-state index in [1.807, 2.05) is 13.8 Å². The number of hydrogen-bond acceptors (Lipinski definition) is 2. The minimum absolute atomic E-state index is 0.243. The van der Waals surface area contributed by atoms with Crippen molar-refractivity contribution in [3.8, 4) is 0 Å². The zero-order chi connectivity index (χ0) is 7.98. The van der Waals surface area contributed by atoms with Gasteiger partial charge in [-0.2, -0.15) is 0 Å². The predicted octanol–water partition coefficient (Wildman–Crippen LogP) is 1.64. The molecule has 0 bridgehead atoms. The minimum atomic E-state index is 0.243. The number of hydrogen-bond donors (Lipinski definition) is 0. The zero-order valence-corrected chi connectivity index (χ0v) is 7.02. The van der Waals surface area contributed by atoms with Gasteiger partial charge in [-0.3, -0.25) is 0 Å². The SMILES string of the molecule is CCOCC(C)CC(C)=O. The molecule has 0 N–H and O–H groups in total. The molecule has 0 aliphatic rings. The molecule has 0 fully saturated rings. The van der Waals surface area contributed by atoms with Crippen LogP contribution in [-0.4, -0.2) is 19.0 Å². The first-order valence-corrected chi connectivity index (χ1v) is 3.74. The molecule has 0 aliphatic heterocycles.